The van der Waals surface area contributed by atoms with Crippen molar-refractivity contribution in [2.24, 2.45) is 5.92 Å². The van der Waals surface area contributed by atoms with E-state index in [4.69, 9.17) is 5.11 Å². The molecule has 0 saturated heterocycles. The van der Waals surface area contributed by atoms with E-state index in [0.717, 1.165) is 25.7 Å². The first kappa shape index (κ1) is 15.7. The molecule has 2 N–H and O–H groups in total. The molecule has 0 radical (unpaired) electrons. The lowest BCUT2D eigenvalue weighted by atomic mass is 9.86. The lowest BCUT2D eigenvalue weighted by molar-refractivity contribution is -0.122. The zero-order valence-electron chi connectivity index (χ0n) is 12.3. The minimum Gasteiger partial charge on any atom is -0.396 e. The predicted molar refractivity (Wildman–Crippen MR) is 81.0 cm³/mol. The molecule has 1 aliphatic carbocycles. The summed E-state index contributed by atoms with van der Waals surface area (Å²) in [6, 6.07) is 9.27. The first-order valence-electron chi connectivity index (χ1n) is 7.67. The first-order valence-corrected chi connectivity index (χ1v) is 7.67. The largest absolute Gasteiger partial charge is 0.396 e. The number of rotatable bonds is 6. The maximum absolute atomic E-state index is 11.9. The van der Waals surface area contributed by atoms with E-state index in [2.05, 4.69) is 5.32 Å². The molecule has 2 rings (SSSR count). The fraction of sp³-hybridized carbons (Fsp3) is 0.529. The van der Waals surface area contributed by atoms with Crippen molar-refractivity contribution in [3.8, 4) is 0 Å². The molecule has 1 amide bonds. The normalized spacial score (nSPS) is 21.8. The highest BCUT2D eigenvalue weighted by molar-refractivity contribution is 5.97. The van der Waals surface area contributed by atoms with Crippen molar-refractivity contribution < 1.29 is 14.7 Å². The quantitative estimate of drug-likeness (QED) is 0.790. The number of carbonyl (C=O) groups is 2. The van der Waals surface area contributed by atoms with Gasteiger partial charge in [0.25, 0.3) is 0 Å². The molecule has 4 heteroatoms. The van der Waals surface area contributed by atoms with Gasteiger partial charge in [-0.05, 0) is 31.6 Å². The van der Waals surface area contributed by atoms with Crippen LogP contribution >= 0.6 is 0 Å². The molecule has 0 bridgehead atoms. The van der Waals surface area contributed by atoms with Crippen LogP contribution in [-0.4, -0.2) is 29.4 Å². The Hall–Kier alpha value is -1.68. The van der Waals surface area contributed by atoms with Crippen molar-refractivity contribution in [2.45, 2.75) is 44.6 Å². The highest BCUT2D eigenvalue weighted by atomic mass is 16.3. The Bertz CT molecular complexity index is 464. The lowest BCUT2D eigenvalue weighted by Crippen LogP contribution is -2.38. The number of hydrogen-bond donors (Lipinski definition) is 2. The fourth-order valence-corrected chi connectivity index (χ4v) is 2.78. The Balaban J connectivity index is 1.69. The number of benzene rings is 1. The van der Waals surface area contributed by atoms with Gasteiger partial charge < -0.3 is 10.4 Å². The van der Waals surface area contributed by atoms with Crippen molar-refractivity contribution >= 4 is 11.7 Å². The Morgan fingerprint density at radius 2 is 1.71 bits per heavy atom. The van der Waals surface area contributed by atoms with Gasteiger partial charge in [0.1, 0.15) is 0 Å². The van der Waals surface area contributed by atoms with E-state index in [1.165, 1.54) is 0 Å². The van der Waals surface area contributed by atoms with Gasteiger partial charge in [0.2, 0.25) is 5.91 Å². The van der Waals surface area contributed by atoms with Gasteiger partial charge in [0.05, 0.1) is 0 Å². The van der Waals surface area contributed by atoms with Crippen LogP contribution in [0, 0.1) is 5.92 Å². The standard InChI is InChI=1S/C17H23NO3/c19-12-13-6-8-15(9-7-13)18-17(21)11-10-16(20)14-4-2-1-3-5-14/h1-5,13,15,19H,6-12H2,(H,18,21). The van der Waals surface area contributed by atoms with Crippen molar-refractivity contribution in [3.05, 3.63) is 35.9 Å². The van der Waals surface area contributed by atoms with Crippen LogP contribution in [0.1, 0.15) is 48.9 Å². The Kier molecular flexibility index (Phi) is 5.93. The molecule has 4 nitrogen and oxygen atoms in total. The molecule has 1 fully saturated rings. The fourth-order valence-electron chi connectivity index (χ4n) is 2.78. The molecule has 0 aliphatic heterocycles. The van der Waals surface area contributed by atoms with Gasteiger partial charge in [0, 0.05) is 31.1 Å². The third-order valence-electron chi connectivity index (χ3n) is 4.14. The first-order chi connectivity index (χ1) is 10.2. The third kappa shape index (κ3) is 4.97. The number of nitrogens with one attached hydrogen (secondary N) is 1. The average Bonchev–Trinajstić information content (AvgIpc) is 2.54. The van der Waals surface area contributed by atoms with Gasteiger partial charge >= 0.3 is 0 Å². The summed E-state index contributed by atoms with van der Waals surface area (Å²) >= 11 is 0. The topological polar surface area (TPSA) is 66.4 Å². The van der Waals surface area contributed by atoms with E-state index in [0.29, 0.717) is 11.5 Å². The second kappa shape index (κ2) is 7.93. The lowest BCUT2D eigenvalue weighted by Gasteiger charge is -2.27. The molecule has 0 heterocycles. The van der Waals surface area contributed by atoms with Crippen molar-refractivity contribution in [2.75, 3.05) is 6.61 Å². The average molecular weight is 289 g/mol. The molecular weight excluding hydrogens is 266 g/mol. The van der Waals surface area contributed by atoms with E-state index in [1.54, 1.807) is 12.1 Å². The highest BCUT2D eigenvalue weighted by Crippen LogP contribution is 2.23. The minimum absolute atomic E-state index is 0.00902. The SMILES string of the molecule is O=C(CCC(=O)c1ccccc1)NC1CCC(CO)CC1. The number of amides is 1. The maximum atomic E-state index is 11.9. The van der Waals surface area contributed by atoms with Gasteiger partial charge in [-0.2, -0.15) is 0 Å². The molecule has 1 aromatic carbocycles. The van der Waals surface area contributed by atoms with Crippen LogP contribution in [-0.2, 0) is 4.79 Å². The number of carbonyl (C=O) groups excluding carboxylic acids is 2. The highest BCUT2D eigenvalue weighted by Gasteiger charge is 2.21. The molecule has 0 spiro atoms. The number of hydrogen-bond acceptors (Lipinski definition) is 3. The van der Waals surface area contributed by atoms with E-state index in [9.17, 15) is 9.59 Å². The summed E-state index contributed by atoms with van der Waals surface area (Å²) in [5.41, 5.74) is 0.661. The van der Waals surface area contributed by atoms with Gasteiger partial charge in [-0.3, -0.25) is 9.59 Å². The van der Waals surface area contributed by atoms with Gasteiger partial charge in [0.15, 0.2) is 5.78 Å². The molecule has 114 valence electrons. The summed E-state index contributed by atoms with van der Waals surface area (Å²) in [6.45, 7) is 0.242. The summed E-state index contributed by atoms with van der Waals surface area (Å²) in [5.74, 6) is 0.347. The molecular formula is C17H23NO3. The zero-order valence-corrected chi connectivity index (χ0v) is 12.3. The van der Waals surface area contributed by atoms with E-state index in [1.807, 2.05) is 18.2 Å². The molecule has 21 heavy (non-hydrogen) atoms. The second-order valence-electron chi connectivity index (χ2n) is 5.76. The van der Waals surface area contributed by atoms with Crippen LogP contribution in [0.25, 0.3) is 0 Å². The van der Waals surface area contributed by atoms with Crippen LogP contribution in [0.4, 0.5) is 0 Å². The maximum Gasteiger partial charge on any atom is 0.220 e. The Morgan fingerprint density at radius 3 is 2.33 bits per heavy atom. The molecule has 1 aromatic rings. The summed E-state index contributed by atoms with van der Waals surface area (Å²) in [6.07, 6.45) is 4.26. The van der Waals surface area contributed by atoms with E-state index < -0.39 is 0 Å². The summed E-state index contributed by atoms with van der Waals surface area (Å²) in [4.78, 5) is 23.8. The summed E-state index contributed by atoms with van der Waals surface area (Å²) < 4.78 is 0. The number of aliphatic hydroxyl groups is 1. The number of Topliss-reactive ketones (excluding diaryl/α,β-unsaturated/α-hetero) is 1. The Labute approximate surface area is 125 Å². The predicted octanol–water partition coefficient (Wildman–Crippen LogP) is 2.32. The minimum atomic E-state index is -0.0493. The molecule has 0 unspecified atom stereocenters. The smallest absolute Gasteiger partial charge is 0.220 e. The van der Waals surface area contributed by atoms with Gasteiger partial charge in [-0.25, -0.2) is 0 Å². The number of aliphatic hydroxyl groups excluding tert-OH is 1. The monoisotopic (exact) mass is 289 g/mol. The van der Waals surface area contributed by atoms with Crippen molar-refractivity contribution in [3.63, 3.8) is 0 Å². The van der Waals surface area contributed by atoms with Gasteiger partial charge in [-0.1, -0.05) is 30.3 Å². The van der Waals surface area contributed by atoms with Crippen LogP contribution in [0.2, 0.25) is 0 Å². The van der Waals surface area contributed by atoms with Crippen molar-refractivity contribution in [1.29, 1.82) is 0 Å². The van der Waals surface area contributed by atoms with Crippen LogP contribution in [0.3, 0.4) is 0 Å². The van der Waals surface area contributed by atoms with Crippen LogP contribution in [0.15, 0.2) is 30.3 Å². The summed E-state index contributed by atoms with van der Waals surface area (Å²) in [7, 11) is 0. The molecule has 0 atom stereocenters. The van der Waals surface area contributed by atoms with E-state index in [-0.39, 0.29) is 37.2 Å². The molecule has 1 saturated carbocycles. The zero-order chi connectivity index (χ0) is 15.1. The van der Waals surface area contributed by atoms with Crippen LogP contribution < -0.4 is 5.32 Å². The van der Waals surface area contributed by atoms with Crippen LogP contribution in [0.5, 0.6) is 0 Å². The third-order valence-corrected chi connectivity index (χ3v) is 4.14. The summed E-state index contributed by atoms with van der Waals surface area (Å²) in [5, 5.41) is 12.1. The van der Waals surface area contributed by atoms with E-state index >= 15 is 0 Å². The number of ketones is 1. The van der Waals surface area contributed by atoms with Crippen molar-refractivity contribution in [1.82, 2.24) is 5.32 Å². The Morgan fingerprint density at radius 1 is 1.05 bits per heavy atom. The second-order valence-corrected chi connectivity index (χ2v) is 5.76. The van der Waals surface area contributed by atoms with Gasteiger partial charge in [-0.15, -0.1) is 0 Å². The molecule has 1 aliphatic rings. The molecule has 0 aromatic heterocycles.